The minimum atomic E-state index is -0.478. The van der Waals surface area contributed by atoms with E-state index in [2.05, 4.69) is 10.6 Å². The number of anilines is 1. The van der Waals surface area contributed by atoms with Gasteiger partial charge in [-0.2, -0.15) is 0 Å². The first kappa shape index (κ1) is 13.4. The third-order valence-electron chi connectivity index (χ3n) is 2.84. The topological polar surface area (TPSA) is 41.1 Å². The molecule has 1 atom stereocenters. The molecule has 0 spiro atoms. The Hall–Kier alpha value is -1.00. The maximum Gasteiger partial charge on any atom is 0.222 e. The van der Waals surface area contributed by atoms with E-state index in [-0.39, 0.29) is 22.0 Å². The average molecular weight is 291 g/mol. The van der Waals surface area contributed by atoms with E-state index in [1.165, 1.54) is 12.1 Å². The van der Waals surface area contributed by atoms with Crippen LogP contribution in [0, 0.1) is 5.82 Å². The Bertz CT molecular complexity index is 444. The summed E-state index contributed by atoms with van der Waals surface area (Å²) in [6, 6.07) is 2.37. The van der Waals surface area contributed by atoms with E-state index in [0.29, 0.717) is 18.7 Å². The van der Waals surface area contributed by atoms with Crippen LogP contribution < -0.4 is 10.6 Å². The first-order valence-corrected chi connectivity index (χ1v) is 6.49. The molecule has 1 aromatic rings. The highest BCUT2D eigenvalue weighted by Crippen LogP contribution is 2.32. The minimum absolute atomic E-state index is 0.000596. The zero-order valence-electron chi connectivity index (χ0n) is 9.60. The molecule has 1 aliphatic heterocycles. The van der Waals surface area contributed by atoms with Crippen molar-refractivity contribution < 1.29 is 9.18 Å². The van der Waals surface area contributed by atoms with Crippen LogP contribution >= 0.6 is 23.2 Å². The smallest absolute Gasteiger partial charge is 0.222 e. The molecular formula is C12H13Cl2FN2O. The van der Waals surface area contributed by atoms with E-state index in [1.54, 1.807) is 0 Å². The van der Waals surface area contributed by atoms with Gasteiger partial charge in [0.05, 0.1) is 15.7 Å². The SMILES string of the molecule is O=C1CC(Nc2c(Cl)cc(F)cc2Cl)CCCN1. The van der Waals surface area contributed by atoms with Gasteiger partial charge in [-0.3, -0.25) is 4.79 Å². The van der Waals surface area contributed by atoms with Crippen molar-refractivity contribution in [3.8, 4) is 0 Å². The number of halogens is 3. The average Bonchev–Trinajstić information content (AvgIpc) is 2.48. The highest BCUT2D eigenvalue weighted by molar-refractivity contribution is 6.39. The molecule has 18 heavy (non-hydrogen) atoms. The fraction of sp³-hybridized carbons (Fsp3) is 0.417. The maximum absolute atomic E-state index is 13.1. The predicted molar refractivity (Wildman–Crippen MR) is 70.7 cm³/mol. The van der Waals surface area contributed by atoms with Crippen LogP contribution in [-0.4, -0.2) is 18.5 Å². The summed E-state index contributed by atoms with van der Waals surface area (Å²) < 4.78 is 13.1. The lowest BCUT2D eigenvalue weighted by Gasteiger charge is -2.18. The summed E-state index contributed by atoms with van der Waals surface area (Å²) >= 11 is 11.9. The molecule has 1 fully saturated rings. The van der Waals surface area contributed by atoms with Crippen LogP contribution in [0.25, 0.3) is 0 Å². The van der Waals surface area contributed by atoms with Crippen molar-refractivity contribution in [2.24, 2.45) is 0 Å². The van der Waals surface area contributed by atoms with E-state index in [1.807, 2.05) is 0 Å². The second kappa shape index (κ2) is 5.76. The van der Waals surface area contributed by atoms with Crippen LogP contribution in [0.5, 0.6) is 0 Å². The molecule has 0 aliphatic carbocycles. The van der Waals surface area contributed by atoms with Crippen molar-refractivity contribution in [2.45, 2.75) is 25.3 Å². The molecule has 1 aliphatic rings. The molecule has 0 bridgehead atoms. The fourth-order valence-corrected chi connectivity index (χ4v) is 2.55. The third-order valence-corrected chi connectivity index (χ3v) is 3.43. The second-order valence-corrected chi connectivity index (χ2v) is 5.10. The molecule has 1 saturated heterocycles. The van der Waals surface area contributed by atoms with Crippen LogP contribution in [0.4, 0.5) is 10.1 Å². The Morgan fingerprint density at radius 3 is 2.67 bits per heavy atom. The van der Waals surface area contributed by atoms with Crippen LogP contribution in [0.1, 0.15) is 19.3 Å². The molecule has 0 radical (unpaired) electrons. The Labute approximate surface area is 115 Å². The van der Waals surface area contributed by atoms with E-state index in [9.17, 15) is 9.18 Å². The molecule has 1 heterocycles. The number of carbonyl (C=O) groups is 1. The van der Waals surface area contributed by atoms with Gasteiger partial charge in [-0.25, -0.2) is 4.39 Å². The zero-order valence-corrected chi connectivity index (χ0v) is 11.1. The van der Waals surface area contributed by atoms with Crippen LogP contribution in [0.3, 0.4) is 0 Å². The first-order valence-electron chi connectivity index (χ1n) is 5.74. The van der Waals surface area contributed by atoms with Crippen molar-refractivity contribution in [3.05, 3.63) is 28.0 Å². The van der Waals surface area contributed by atoms with Gasteiger partial charge in [0.1, 0.15) is 5.82 Å². The summed E-state index contributed by atoms with van der Waals surface area (Å²) in [5.41, 5.74) is 0.486. The first-order chi connectivity index (χ1) is 8.56. The zero-order chi connectivity index (χ0) is 13.1. The Morgan fingerprint density at radius 1 is 1.33 bits per heavy atom. The van der Waals surface area contributed by atoms with Crippen molar-refractivity contribution in [2.75, 3.05) is 11.9 Å². The predicted octanol–water partition coefficient (Wildman–Crippen LogP) is 3.21. The van der Waals surface area contributed by atoms with E-state index in [4.69, 9.17) is 23.2 Å². The van der Waals surface area contributed by atoms with E-state index in [0.717, 1.165) is 12.8 Å². The number of hydrogen-bond donors (Lipinski definition) is 2. The minimum Gasteiger partial charge on any atom is -0.379 e. The van der Waals surface area contributed by atoms with Gasteiger partial charge in [0.25, 0.3) is 0 Å². The summed E-state index contributed by atoms with van der Waals surface area (Å²) in [6.07, 6.45) is 2.09. The molecule has 1 unspecified atom stereocenters. The van der Waals surface area contributed by atoms with Gasteiger partial charge >= 0.3 is 0 Å². The van der Waals surface area contributed by atoms with Gasteiger partial charge in [0, 0.05) is 19.0 Å². The molecular weight excluding hydrogens is 278 g/mol. The van der Waals surface area contributed by atoms with E-state index >= 15 is 0 Å². The maximum atomic E-state index is 13.1. The second-order valence-electron chi connectivity index (χ2n) is 4.28. The number of hydrogen-bond acceptors (Lipinski definition) is 2. The molecule has 2 rings (SSSR count). The molecule has 1 amide bonds. The fourth-order valence-electron chi connectivity index (χ4n) is 1.98. The van der Waals surface area contributed by atoms with Crippen LogP contribution in [0.2, 0.25) is 10.0 Å². The Morgan fingerprint density at radius 2 is 2.00 bits per heavy atom. The molecule has 3 nitrogen and oxygen atoms in total. The molecule has 2 N–H and O–H groups in total. The summed E-state index contributed by atoms with van der Waals surface area (Å²) in [4.78, 5) is 11.4. The highest BCUT2D eigenvalue weighted by Gasteiger charge is 2.19. The molecule has 6 heteroatoms. The molecule has 1 aromatic carbocycles. The van der Waals surface area contributed by atoms with Gasteiger partial charge in [-0.05, 0) is 25.0 Å². The quantitative estimate of drug-likeness (QED) is 0.878. The van der Waals surface area contributed by atoms with E-state index < -0.39 is 5.82 Å². The van der Waals surface area contributed by atoms with Gasteiger partial charge in [0.15, 0.2) is 0 Å². The van der Waals surface area contributed by atoms with Gasteiger partial charge < -0.3 is 10.6 Å². The summed E-state index contributed by atoms with van der Waals surface area (Å²) in [7, 11) is 0. The number of carbonyl (C=O) groups excluding carboxylic acids is 1. The lowest BCUT2D eigenvalue weighted by atomic mass is 10.1. The van der Waals surface area contributed by atoms with Gasteiger partial charge in [-0.1, -0.05) is 23.2 Å². The summed E-state index contributed by atoms with van der Waals surface area (Å²) in [6.45, 7) is 0.682. The highest BCUT2D eigenvalue weighted by atomic mass is 35.5. The normalized spacial score (nSPS) is 20.2. The molecule has 0 saturated carbocycles. The van der Waals surface area contributed by atoms with Crippen molar-refractivity contribution in [3.63, 3.8) is 0 Å². The Balaban J connectivity index is 2.15. The van der Waals surface area contributed by atoms with Crippen molar-refractivity contribution >= 4 is 34.8 Å². The Kier molecular flexibility index (Phi) is 4.30. The number of amides is 1. The monoisotopic (exact) mass is 290 g/mol. The van der Waals surface area contributed by atoms with Crippen molar-refractivity contribution in [1.82, 2.24) is 5.32 Å². The summed E-state index contributed by atoms with van der Waals surface area (Å²) in [5.74, 6) is -0.478. The summed E-state index contributed by atoms with van der Waals surface area (Å²) in [5, 5.41) is 6.37. The lowest BCUT2D eigenvalue weighted by Crippen LogP contribution is -2.27. The van der Waals surface area contributed by atoms with Gasteiger partial charge in [0.2, 0.25) is 5.91 Å². The number of rotatable bonds is 2. The standard InChI is InChI=1S/C12H13Cl2FN2O/c13-9-4-7(15)5-10(14)12(9)17-8-2-1-3-16-11(18)6-8/h4-5,8,17H,1-3,6H2,(H,16,18). The lowest BCUT2D eigenvalue weighted by molar-refractivity contribution is -0.120. The largest absolute Gasteiger partial charge is 0.379 e. The van der Waals surface area contributed by atoms with Crippen LogP contribution in [0.15, 0.2) is 12.1 Å². The molecule has 0 aromatic heterocycles. The third kappa shape index (κ3) is 3.27. The van der Waals surface area contributed by atoms with Crippen LogP contribution in [-0.2, 0) is 4.79 Å². The molecule has 98 valence electrons. The number of benzene rings is 1. The number of nitrogens with one attached hydrogen (secondary N) is 2. The van der Waals surface area contributed by atoms with Gasteiger partial charge in [-0.15, -0.1) is 0 Å². The van der Waals surface area contributed by atoms with Crippen molar-refractivity contribution in [1.29, 1.82) is 0 Å².